The Bertz CT molecular complexity index is 1070. The molecule has 0 aliphatic carbocycles. The number of nitrogens with zero attached hydrogens (tertiary/aromatic N) is 2. The summed E-state index contributed by atoms with van der Waals surface area (Å²) < 4.78 is 12.9. The van der Waals surface area contributed by atoms with Crippen molar-refractivity contribution in [3.05, 3.63) is 76.2 Å². The normalized spacial score (nSPS) is 12.7. The summed E-state index contributed by atoms with van der Waals surface area (Å²) >= 11 is 6.41. The number of unbranched alkanes of at least 4 members (excludes halogenated alkanes) is 1. The molecule has 0 bridgehead atoms. The fourth-order valence-electron chi connectivity index (χ4n) is 3.41. The zero-order valence-corrected chi connectivity index (χ0v) is 18.7. The molecule has 1 aromatic carbocycles. The second-order valence-electron chi connectivity index (χ2n) is 7.42. The first-order valence-electron chi connectivity index (χ1n) is 10.3. The van der Waals surface area contributed by atoms with E-state index in [4.69, 9.17) is 25.9 Å². The molecular weight excluding hydrogens is 416 g/mol. The van der Waals surface area contributed by atoms with Crippen LogP contribution in [0.3, 0.4) is 0 Å². The summed E-state index contributed by atoms with van der Waals surface area (Å²) in [5.74, 6) is 2.25. The Kier molecular flexibility index (Phi) is 7.58. The Morgan fingerprint density at radius 3 is 2.74 bits per heavy atom. The van der Waals surface area contributed by atoms with E-state index < -0.39 is 12.3 Å². The Morgan fingerprint density at radius 2 is 2.10 bits per heavy atom. The van der Waals surface area contributed by atoms with Crippen LogP contribution in [0, 0.1) is 6.92 Å². The molecule has 3 rings (SSSR count). The van der Waals surface area contributed by atoms with E-state index in [1.165, 1.54) is 0 Å². The summed E-state index contributed by atoms with van der Waals surface area (Å²) in [5, 5.41) is 9.81. The minimum absolute atomic E-state index is 0.559. The zero-order chi connectivity index (χ0) is 22.4. The smallest absolute Gasteiger partial charge is 0.462 e. The van der Waals surface area contributed by atoms with Gasteiger partial charge in [0.2, 0.25) is 0 Å². The lowest BCUT2D eigenvalue weighted by Gasteiger charge is -2.15. The van der Waals surface area contributed by atoms with Gasteiger partial charge < -0.3 is 18.8 Å². The van der Waals surface area contributed by atoms with Crippen molar-refractivity contribution in [1.29, 1.82) is 0 Å². The van der Waals surface area contributed by atoms with Gasteiger partial charge in [0.25, 0.3) is 0 Å². The maximum atomic E-state index is 11.2. The lowest BCUT2D eigenvalue weighted by Crippen LogP contribution is -2.15. The fourth-order valence-corrected chi connectivity index (χ4v) is 3.61. The molecule has 7 heteroatoms. The predicted octanol–water partition coefficient (Wildman–Crippen LogP) is 6.45. The number of hydrogen-bond acceptors (Lipinski definition) is 4. The first kappa shape index (κ1) is 22.7. The quantitative estimate of drug-likeness (QED) is 0.385. The largest absolute Gasteiger partial charge is 0.506 e. The van der Waals surface area contributed by atoms with Gasteiger partial charge in [-0.05, 0) is 50.1 Å². The Labute approximate surface area is 187 Å². The molecular formula is C24H27ClN2O4. The van der Waals surface area contributed by atoms with Crippen molar-refractivity contribution in [2.45, 2.75) is 52.7 Å². The summed E-state index contributed by atoms with van der Waals surface area (Å²) in [5.41, 5.74) is 2.44. The highest BCUT2D eigenvalue weighted by Gasteiger charge is 2.20. The zero-order valence-electron chi connectivity index (χ0n) is 18.0. The molecule has 0 saturated carbocycles. The Balaban J connectivity index is 2.07. The number of imidazole rings is 1. The minimum atomic E-state index is -1.34. The van der Waals surface area contributed by atoms with Crippen molar-refractivity contribution >= 4 is 29.4 Å². The van der Waals surface area contributed by atoms with Gasteiger partial charge in [0, 0.05) is 17.0 Å². The average molecular weight is 443 g/mol. The van der Waals surface area contributed by atoms with Crippen molar-refractivity contribution in [2.24, 2.45) is 0 Å². The monoisotopic (exact) mass is 442 g/mol. The van der Waals surface area contributed by atoms with Crippen molar-refractivity contribution in [1.82, 2.24) is 9.55 Å². The topological polar surface area (TPSA) is 77.5 Å². The molecule has 0 aliphatic heterocycles. The molecule has 2 aromatic heterocycles. The fraction of sp³-hybridized carbons (Fsp3) is 0.333. The van der Waals surface area contributed by atoms with E-state index in [1.54, 1.807) is 13.1 Å². The molecule has 0 fully saturated rings. The van der Waals surface area contributed by atoms with Crippen LogP contribution in [-0.4, -0.2) is 26.9 Å². The van der Waals surface area contributed by atoms with Gasteiger partial charge >= 0.3 is 6.16 Å². The highest BCUT2D eigenvalue weighted by molar-refractivity contribution is 6.31. The summed E-state index contributed by atoms with van der Waals surface area (Å²) in [7, 11) is 0. The highest BCUT2D eigenvalue weighted by Crippen LogP contribution is 2.27. The molecule has 3 aromatic rings. The third-order valence-corrected chi connectivity index (χ3v) is 5.42. The summed E-state index contributed by atoms with van der Waals surface area (Å²) in [6, 6.07) is 11.4. The van der Waals surface area contributed by atoms with Gasteiger partial charge in [-0.1, -0.05) is 43.1 Å². The van der Waals surface area contributed by atoms with E-state index in [9.17, 15) is 4.79 Å². The third kappa shape index (κ3) is 5.79. The number of benzene rings is 1. The van der Waals surface area contributed by atoms with Gasteiger partial charge in [0.1, 0.15) is 23.4 Å². The van der Waals surface area contributed by atoms with Gasteiger partial charge in [-0.15, -0.1) is 0 Å². The van der Waals surface area contributed by atoms with Gasteiger partial charge in [0.15, 0.2) is 0 Å². The Hall–Kier alpha value is -2.99. The molecule has 0 amide bonds. The number of carbonyl (C=O) groups is 1. The van der Waals surface area contributed by atoms with Crippen LogP contribution in [0.2, 0.25) is 5.02 Å². The number of aromatic nitrogens is 2. The van der Waals surface area contributed by atoms with Gasteiger partial charge in [-0.25, -0.2) is 9.78 Å². The molecule has 164 valence electrons. The lowest BCUT2D eigenvalue weighted by molar-refractivity contribution is 0.0779. The van der Waals surface area contributed by atoms with E-state index in [0.29, 0.717) is 22.9 Å². The number of ether oxygens (including phenoxy) is 1. The van der Waals surface area contributed by atoms with Crippen LogP contribution in [0.15, 0.2) is 47.0 Å². The van der Waals surface area contributed by atoms with E-state index in [0.717, 1.165) is 42.1 Å². The van der Waals surface area contributed by atoms with Crippen molar-refractivity contribution < 1.29 is 19.1 Å². The molecule has 0 spiro atoms. The van der Waals surface area contributed by atoms with Crippen molar-refractivity contribution in [3.63, 3.8) is 0 Å². The van der Waals surface area contributed by atoms with E-state index in [1.807, 2.05) is 49.4 Å². The SMILES string of the molecule is CCCCc1ncc(/C=C(/c2ccc(C)o2)C(C)OC(=O)O)n1Cc1ccccc1Cl. The van der Waals surface area contributed by atoms with Gasteiger partial charge in [0.05, 0.1) is 18.4 Å². The number of carboxylic acid groups (broad SMARTS) is 1. The molecule has 1 atom stereocenters. The molecule has 0 saturated heterocycles. The first-order chi connectivity index (χ1) is 14.9. The predicted molar refractivity (Wildman–Crippen MR) is 121 cm³/mol. The number of rotatable bonds is 9. The van der Waals surface area contributed by atoms with Crippen LogP contribution < -0.4 is 0 Å². The summed E-state index contributed by atoms with van der Waals surface area (Å²) in [6.07, 6.45) is 4.54. The standard InChI is InChI=1S/C24H27ClN2O4/c1-4-5-10-23-26-14-19(27(23)15-18-8-6-7-9-21(18)25)13-20(17(3)31-24(28)29)22-12-11-16(2)30-22/h6-9,11-14,17H,4-5,10,15H2,1-3H3,(H,28,29)/b20-13+. The Morgan fingerprint density at radius 1 is 1.32 bits per heavy atom. The van der Waals surface area contributed by atoms with Crippen LogP contribution in [-0.2, 0) is 17.7 Å². The number of furan rings is 1. The van der Waals surface area contributed by atoms with Crippen molar-refractivity contribution in [2.75, 3.05) is 0 Å². The molecule has 1 N–H and O–H groups in total. The van der Waals surface area contributed by atoms with Crippen LogP contribution in [0.4, 0.5) is 4.79 Å². The maximum absolute atomic E-state index is 11.2. The lowest BCUT2D eigenvalue weighted by atomic mass is 10.1. The van der Waals surface area contributed by atoms with Gasteiger partial charge in [-0.2, -0.15) is 0 Å². The number of aryl methyl sites for hydroxylation is 2. The van der Waals surface area contributed by atoms with Crippen molar-refractivity contribution in [3.8, 4) is 0 Å². The maximum Gasteiger partial charge on any atom is 0.506 e. The molecule has 2 heterocycles. The summed E-state index contributed by atoms with van der Waals surface area (Å²) in [4.78, 5) is 15.8. The summed E-state index contributed by atoms with van der Waals surface area (Å²) in [6.45, 7) is 6.23. The first-order valence-corrected chi connectivity index (χ1v) is 10.7. The van der Waals surface area contributed by atoms with Gasteiger partial charge in [-0.3, -0.25) is 0 Å². The average Bonchev–Trinajstić information content (AvgIpc) is 3.31. The molecule has 31 heavy (non-hydrogen) atoms. The second kappa shape index (κ2) is 10.4. The van der Waals surface area contributed by atoms with E-state index in [2.05, 4.69) is 16.5 Å². The molecule has 0 aliphatic rings. The number of hydrogen-bond donors (Lipinski definition) is 1. The molecule has 0 radical (unpaired) electrons. The van der Waals surface area contributed by atoms with Crippen LogP contribution in [0.25, 0.3) is 11.6 Å². The highest BCUT2D eigenvalue weighted by atomic mass is 35.5. The van der Waals surface area contributed by atoms with Crippen LogP contribution in [0.5, 0.6) is 0 Å². The van der Waals surface area contributed by atoms with Crippen LogP contribution in [0.1, 0.15) is 55.3 Å². The van der Waals surface area contributed by atoms with Crippen LogP contribution >= 0.6 is 11.6 Å². The minimum Gasteiger partial charge on any atom is -0.462 e. The van der Waals surface area contributed by atoms with E-state index in [-0.39, 0.29) is 0 Å². The molecule has 1 unspecified atom stereocenters. The molecule has 6 nitrogen and oxygen atoms in total. The van der Waals surface area contributed by atoms with E-state index >= 15 is 0 Å². The third-order valence-electron chi connectivity index (χ3n) is 5.05. The number of halogens is 1. The second-order valence-corrected chi connectivity index (χ2v) is 7.82.